The zero-order chi connectivity index (χ0) is 9.84. The summed E-state index contributed by atoms with van der Waals surface area (Å²) in [4.78, 5) is 15.5. The summed E-state index contributed by atoms with van der Waals surface area (Å²) in [7, 11) is 0. The van der Waals surface area contributed by atoms with Crippen molar-refractivity contribution in [3.63, 3.8) is 0 Å². The monoisotopic (exact) mass is 183 g/mol. The molecule has 0 radical (unpaired) electrons. The molecule has 0 aromatic rings. The van der Waals surface area contributed by atoms with Crippen molar-refractivity contribution in [3.05, 3.63) is 0 Å². The van der Waals surface area contributed by atoms with Gasteiger partial charge in [0.05, 0.1) is 0 Å². The minimum absolute atomic E-state index is 0.0324. The van der Waals surface area contributed by atoms with E-state index in [4.69, 9.17) is 0 Å². The molecule has 1 rings (SSSR count). The van der Waals surface area contributed by atoms with Crippen molar-refractivity contribution in [3.8, 4) is 0 Å². The molecule has 74 valence electrons. The Labute approximate surface area is 78.8 Å². The Morgan fingerprint density at radius 3 is 2.69 bits per heavy atom. The molecule has 0 saturated carbocycles. The number of guanidine groups is 1. The summed E-state index contributed by atoms with van der Waals surface area (Å²) in [5, 5.41) is 5.75. The van der Waals surface area contributed by atoms with Crippen molar-refractivity contribution < 1.29 is 4.79 Å². The van der Waals surface area contributed by atoms with Crippen molar-refractivity contribution in [2.24, 2.45) is 10.9 Å². The van der Waals surface area contributed by atoms with E-state index in [2.05, 4.69) is 29.5 Å². The van der Waals surface area contributed by atoms with Gasteiger partial charge >= 0.3 is 0 Å². The van der Waals surface area contributed by atoms with Crippen molar-refractivity contribution in [1.29, 1.82) is 0 Å². The molecule has 0 aromatic heterocycles. The van der Waals surface area contributed by atoms with E-state index in [0.717, 1.165) is 13.0 Å². The first-order valence-corrected chi connectivity index (χ1v) is 4.75. The smallest absolute Gasteiger partial charge is 0.249 e. The van der Waals surface area contributed by atoms with Gasteiger partial charge in [-0.1, -0.05) is 20.8 Å². The molecule has 4 heteroatoms. The van der Waals surface area contributed by atoms with Crippen LogP contribution in [0.3, 0.4) is 0 Å². The van der Waals surface area contributed by atoms with Crippen molar-refractivity contribution in [2.45, 2.75) is 33.2 Å². The fourth-order valence-electron chi connectivity index (χ4n) is 1.12. The Bertz CT molecular complexity index is 223. The Kier molecular flexibility index (Phi) is 3.28. The van der Waals surface area contributed by atoms with Crippen molar-refractivity contribution in [1.82, 2.24) is 10.6 Å². The van der Waals surface area contributed by atoms with Gasteiger partial charge in [-0.3, -0.25) is 15.1 Å². The Hall–Kier alpha value is -1.06. The van der Waals surface area contributed by atoms with Gasteiger partial charge in [0.25, 0.3) is 0 Å². The number of hydrogen-bond acceptors (Lipinski definition) is 2. The number of aliphatic imine (C=N–C) groups is 1. The first kappa shape index (κ1) is 10.0. The zero-order valence-electron chi connectivity index (χ0n) is 8.42. The third-order valence-electron chi connectivity index (χ3n) is 1.89. The Morgan fingerprint density at radius 1 is 1.54 bits per heavy atom. The Balaban J connectivity index is 2.47. The highest BCUT2D eigenvalue weighted by atomic mass is 16.2. The lowest BCUT2D eigenvalue weighted by atomic mass is 10.2. The van der Waals surface area contributed by atoms with Gasteiger partial charge in [-0.2, -0.15) is 0 Å². The largest absolute Gasteiger partial charge is 0.344 e. The highest BCUT2D eigenvalue weighted by molar-refractivity contribution is 6.06. The predicted molar refractivity (Wildman–Crippen MR) is 52.5 cm³/mol. The molecular weight excluding hydrogens is 166 g/mol. The summed E-state index contributed by atoms with van der Waals surface area (Å²) >= 11 is 0. The molecule has 0 aromatic carbocycles. The van der Waals surface area contributed by atoms with Gasteiger partial charge < -0.3 is 5.32 Å². The average molecular weight is 183 g/mol. The van der Waals surface area contributed by atoms with Gasteiger partial charge in [-0.15, -0.1) is 0 Å². The quantitative estimate of drug-likeness (QED) is 0.669. The van der Waals surface area contributed by atoms with Gasteiger partial charge in [0.15, 0.2) is 5.96 Å². The molecule has 1 saturated heterocycles. The van der Waals surface area contributed by atoms with Gasteiger partial charge in [0.2, 0.25) is 5.91 Å². The molecule has 2 N–H and O–H groups in total. The molecule has 1 heterocycles. The molecule has 1 fully saturated rings. The number of carbonyl (C=O) groups is 1. The average Bonchev–Trinajstić information content (AvgIpc) is 2.43. The predicted octanol–water partition coefficient (Wildman–Crippen LogP) is 0.496. The number of carbonyl (C=O) groups excluding carboxylic acids is 1. The molecule has 4 nitrogen and oxygen atoms in total. The minimum atomic E-state index is -0.0917. The van der Waals surface area contributed by atoms with Gasteiger partial charge in [0.1, 0.15) is 6.04 Å². The standard InChI is InChI=1S/C9H17N3O/c1-4-7-8(13)12-9(11-7)10-5-6(2)3/h6-7H,4-5H2,1-3H3,(H2,10,11,12,13). The van der Waals surface area contributed by atoms with E-state index in [1.165, 1.54) is 0 Å². The maximum atomic E-state index is 11.2. The molecule has 1 aliphatic rings. The third kappa shape index (κ3) is 2.72. The van der Waals surface area contributed by atoms with Crippen LogP contribution in [0.1, 0.15) is 27.2 Å². The number of amides is 1. The van der Waals surface area contributed by atoms with E-state index < -0.39 is 0 Å². The number of nitrogens with zero attached hydrogens (tertiary/aromatic N) is 1. The van der Waals surface area contributed by atoms with Crippen LogP contribution in [-0.4, -0.2) is 24.5 Å². The van der Waals surface area contributed by atoms with Crippen LogP contribution in [0.15, 0.2) is 4.99 Å². The van der Waals surface area contributed by atoms with Gasteiger partial charge in [-0.25, -0.2) is 0 Å². The summed E-state index contributed by atoms with van der Waals surface area (Å²) in [5.74, 6) is 1.18. The summed E-state index contributed by atoms with van der Waals surface area (Å²) in [6, 6.07) is -0.0917. The van der Waals surface area contributed by atoms with Crippen LogP contribution in [0.2, 0.25) is 0 Å². The first-order chi connectivity index (χ1) is 6.13. The second kappa shape index (κ2) is 4.25. The van der Waals surface area contributed by atoms with E-state index in [0.29, 0.717) is 11.9 Å². The second-order valence-electron chi connectivity index (χ2n) is 3.68. The number of hydrogen-bond donors (Lipinski definition) is 2. The topological polar surface area (TPSA) is 53.5 Å². The molecule has 1 unspecified atom stereocenters. The summed E-state index contributed by atoms with van der Waals surface area (Å²) in [6.07, 6.45) is 0.798. The molecule has 1 atom stereocenters. The first-order valence-electron chi connectivity index (χ1n) is 4.75. The van der Waals surface area contributed by atoms with Crippen LogP contribution in [0, 0.1) is 5.92 Å². The van der Waals surface area contributed by atoms with Crippen LogP contribution in [0.4, 0.5) is 0 Å². The lowest BCUT2D eigenvalue weighted by molar-refractivity contribution is -0.120. The van der Waals surface area contributed by atoms with Crippen LogP contribution < -0.4 is 10.6 Å². The van der Waals surface area contributed by atoms with Gasteiger partial charge in [-0.05, 0) is 12.3 Å². The summed E-state index contributed by atoms with van der Waals surface area (Å²) in [5.41, 5.74) is 0. The molecule has 1 aliphatic heterocycles. The molecular formula is C9H17N3O. The second-order valence-corrected chi connectivity index (χ2v) is 3.68. The highest BCUT2D eigenvalue weighted by Crippen LogP contribution is 1.99. The fourth-order valence-corrected chi connectivity index (χ4v) is 1.12. The zero-order valence-corrected chi connectivity index (χ0v) is 8.42. The molecule has 0 bridgehead atoms. The molecule has 13 heavy (non-hydrogen) atoms. The van der Waals surface area contributed by atoms with Crippen LogP contribution in [0.5, 0.6) is 0 Å². The van der Waals surface area contributed by atoms with Gasteiger partial charge in [0, 0.05) is 6.54 Å². The minimum Gasteiger partial charge on any atom is -0.344 e. The third-order valence-corrected chi connectivity index (χ3v) is 1.89. The van der Waals surface area contributed by atoms with E-state index in [1.807, 2.05) is 6.92 Å². The Morgan fingerprint density at radius 2 is 2.23 bits per heavy atom. The van der Waals surface area contributed by atoms with E-state index in [9.17, 15) is 4.79 Å². The van der Waals surface area contributed by atoms with E-state index >= 15 is 0 Å². The van der Waals surface area contributed by atoms with Crippen molar-refractivity contribution in [2.75, 3.05) is 6.54 Å². The van der Waals surface area contributed by atoms with Crippen LogP contribution >= 0.6 is 0 Å². The van der Waals surface area contributed by atoms with E-state index in [-0.39, 0.29) is 11.9 Å². The molecule has 0 spiro atoms. The maximum absolute atomic E-state index is 11.2. The summed E-state index contributed by atoms with van der Waals surface area (Å²) in [6.45, 7) is 6.91. The fraction of sp³-hybridized carbons (Fsp3) is 0.778. The van der Waals surface area contributed by atoms with Crippen LogP contribution in [0.25, 0.3) is 0 Å². The summed E-state index contributed by atoms with van der Waals surface area (Å²) < 4.78 is 0. The molecule has 0 aliphatic carbocycles. The lowest BCUT2D eigenvalue weighted by Gasteiger charge is -2.03. The normalized spacial score (nSPS) is 25.1. The van der Waals surface area contributed by atoms with Crippen LogP contribution in [-0.2, 0) is 4.79 Å². The SMILES string of the molecule is CCC1NC(=NCC(C)C)NC1=O. The van der Waals surface area contributed by atoms with Crippen molar-refractivity contribution >= 4 is 11.9 Å². The number of nitrogens with one attached hydrogen (secondary N) is 2. The highest BCUT2D eigenvalue weighted by Gasteiger charge is 2.25. The molecule has 1 amide bonds. The lowest BCUT2D eigenvalue weighted by Crippen LogP contribution is -2.28. The number of rotatable bonds is 3. The maximum Gasteiger partial charge on any atom is 0.249 e. The van der Waals surface area contributed by atoms with E-state index in [1.54, 1.807) is 0 Å².